The molecule has 0 saturated heterocycles. The number of allylic oxidation sites excluding steroid dienone is 2. The third-order valence-electron chi connectivity index (χ3n) is 13.1. The first-order valence-electron chi connectivity index (χ1n) is 13.6. The summed E-state index contributed by atoms with van der Waals surface area (Å²) >= 11 is 0. The molecule has 31 heavy (non-hydrogen) atoms. The van der Waals surface area contributed by atoms with E-state index in [2.05, 4.69) is 67.5 Å². The molecule has 10 unspecified atom stereocenters. The van der Waals surface area contributed by atoms with Gasteiger partial charge in [-0.2, -0.15) is 0 Å². The van der Waals surface area contributed by atoms with E-state index in [0.29, 0.717) is 22.2 Å². The lowest BCUT2D eigenvalue weighted by Crippen LogP contribution is -2.69. The molecular weight excluding hydrogens is 376 g/mol. The molecule has 5 aliphatic rings. The average molecular weight is 427 g/mol. The van der Waals surface area contributed by atoms with Crippen LogP contribution in [-0.4, -0.2) is 11.2 Å². The van der Waals surface area contributed by atoms with Crippen molar-refractivity contribution >= 4 is 0 Å². The number of hydrogen-bond donors (Lipinski definition) is 1. The molecule has 0 aliphatic heterocycles. The molecule has 1 heteroatoms. The highest BCUT2D eigenvalue weighted by atomic mass is 16.3. The van der Waals surface area contributed by atoms with E-state index in [0.717, 1.165) is 24.2 Å². The summed E-state index contributed by atoms with van der Waals surface area (Å²) in [6.07, 6.45) is 16.9. The van der Waals surface area contributed by atoms with E-state index in [1.807, 2.05) is 0 Å². The van der Waals surface area contributed by atoms with Gasteiger partial charge < -0.3 is 5.11 Å². The topological polar surface area (TPSA) is 20.2 Å². The minimum atomic E-state index is -0.165. The van der Waals surface area contributed by atoms with Crippen molar-refractivity contribution < 1.29 is 5.11 Å². The second kappa shape index (κ2) is 6.43. The van der Waals surface area contributed by atoms with Gasteiger partial charge in [0.15, 0.2) is 0 Å². The molecule has 0 bridgehead atoms. The van der Waals surface area contributed by atoms with E-state index < -0.39 is 0 Å². The summed E-state index contributed by atoms with van der Waals surface area (Å²) < 4.78 is 0. The smallest absolute Gasteiger partial charge is 0.0587 e. The predicted octanol–water partition coefficient (Wildman–Crippen LogP) is 8.02. The van der Waals surface area contributed by atoms with Gasteiger partial charge in [-0.1, -0.05) is 80.4 Å². The summed E-state index contributed by atoms with van der Waals surface area (Å²) in [5.41, 5.74) is 1.74. The van der Waals surface area contributed by atoms with Gasteiger partial charge in [-0.15, -0.1) is 0 Å². The van der Waals surface area contributed by atoms with Crippen LogP contribution in [0.1, 0.15) is 113 Å². The van der Waals surface area contributed by atoms with Crippen molar-refractivity contribution in [2.24, 2.45) is 56.2 Å². The van der Waals surface area contributed by atoms with Crippen LogP contribution in [0.4, 0.5) is 0 Å². The monoisotopic (exact) mass is 426 g/mol. The Morgan fingerprint density at radius 3 is 2.16 bits per heavy atom. The van der Waals surface area contributed by atoms with Gasteiger partial charge in [0.2, 0.25) is 0 Å². The van der Waals surface area contributed by atoms with Crippen molar-refractivity contribution in [2.45, 2.75) is 119 Å². The molecule has 0 aromatic carbocycles. The molecule has 1 nitrogen and oxygen atoms in total. The summed E-state index contributed by atoms with van der Waals surface area (Å²) in [6, 6.07) is 0. The lowest BCUT2D eigenvalue weighted by molar-refractivity contribution is -0.253. The van der Waals surface area contributed by atoms with Gasteiger partial charge in [0.1, 0.15) is 0 Å². The number of fused-ring (bicyclic) bond motifs is 7. The molecule has 4 saturated carbocycles. The zero-order chi connectivity index (χ0) is 22.7. The summed E-state index contributed by atoms with van der Waals surface area (Å²) in [5.74, 6) is 2.63. The summed E-state index contributed by atoms with van der Waals surface area (Å²) in [7, 11) is 0. The third-order valence-corrected chi connectivity index (χ3v) is 13.1. The van der Waals surface area contributed by atoms with Crippen LogP contribution in [0, 0.1) is 56.2 Å². The van der Waals surface area contributed by atoms with Gasteiger partial charge in [0.05, 0.1) is 6.10 Å². The molecule has 0 spiro atoms. The van der Waals surface area contributed by atoms with Crippen molar-refractivity contribution in [3.63, 3.8) is 0 Å². The van der Waals surface area contributed by atoms with Gasteiger partial charge in [-0.25, -0.2) is 0 Å². The van der Waals surface area contributed by atoms with E-state index in [1.165, 1.54) is 51.4 Å². The SMILES string of the molecule is CC1CCCC2C1(C)CC(O)C1C2(C)CCC2(C)C3CC(C)(C)CCC3(C)C=CC12C. The quantitative estimate of drug-likeness (QED) is 0.389. The minimum absolute atomic E-state index is 0.0963. The van der Waals surface area contributed by atoms with E-state index in [4.69, 9.17) is 0 Å². The third kappa shape index (κ3) is 2.71. The Hall–Kier alpha value is -0.300. The van der Waals surface area contributed by atoms with Crippen LogP contribution in [0.2, 0.25) is 0 Å². The second-order valence-corrected chi connectivity index (χ2v) is 15.1. The largest absolute Gasteiger partial charge is 0.393 e. The Labute approximate surface area is 192 Å². The van der Waals surface area contributed by atoms with Crippen LogP contribution >= 0.6 is 0 Å². The summed E-state index contributed by atoms with van der Waals surface area (Å²) in [4.78, 5) is 0. The molecular formula is C30H50O. The highest BCUT2D eigenvalue weighted by Gasteiger charge is 2.71. The highest BCUT2D eigenvalue weighted by Crippen LogP contribution is 2.76. The fraction of sp³-hybridized carbons (Fsp3) is 0.933. The summed E-state index contributed by atoms with van der Waals surface area (Å²) in [6.45, 7) is 20.4. The fourth-order valence-corrected chi connectivity index (χ4v) is 10.9. The Kier molecular flexibility index (Phi) is 4.66. The van der Waals surface area contributed by atoms with Crippen molar-refractivity contribution in [2.75, 3.05) is 0 Å². The first-order chi connectivity index (χ1) is 14.2. The number of hydrogen-bond acceptors (Lipinski definition) is 1. The number of aliphatic hydroxyl groups excluding tert-OH is 1. The average Bonchev–Trinajstić information content (AvgIpc) is 2.67. The molecule has 5 aliphatic carbocycles. The lowest BCUT2D eigenvalue weighted by atomic mass is 9.31. The first-order valence-corrected chi connectivity index (χ1v) is 13.6. The number of rotatable bonds is 0. The Morgan fingerprint density at radius 1 is 0.742 bits per heavy atom. The molecule has 176 valence electrons. The Bertz CT molecular complexity index is 781. The van der Waals surface area contributed by atoms with Crippen molar-refractivity contribution in [3.05, 3.63) is 12.2 Å². The lowest BCUT2D eigenvalue weighted by Gasteiger charge is -2.74. The van der Waals surface area contributed by atoms with Crippen LogP contribution in [0.15, 0.2) is 12.2 Å². The molecule has 10 atom stereocenters. The second-order valence-electron chi connectivity index (χ2n) is 15.1. The first kappa shape index (κ1) is 22.5. The van der Waals surface area contributed by atoms with Gasteiger partial charge in [0.25, 0.3) is 0 Å². The van der Waals surface area contributed by atoms with Crippen LogP contribution in [-0.2, 0) is 0 Å². The maximum atomic E-state index is 11.9. The summed E-state index contributed by atoms with van der Waals surface area (Å²) in [5, 5.41) is 11.9. The normalized spacial score (nSPS) is 60.4. The predicted molar refractivity (Wildman–Crippen MR) is 131 cm³/mol. The van der Waals surface area contributed by atoms with E-state index >= 15 is 0 Å². The van der Waals surface area contributed by atoms with Crippen LogP contribution in [0.3, 0.4) is 0 Å². The molecule has 0 amide bonds. The minimum Gasteiger partial charge on any atom is -0.393 e. The standard InChI is InChI=1S/C30H50O/c1-20-10-9-11-22-27(5)15-17-29(7)23-19-25(2,3)12-13-26(23,4)14-16-30(29,8)24(27)21(31)18-28(20,22)6/h14,16,20-24,31H,9-13,15,17-19H2,1-8H3. The van der Waals surface area contributed by atoms with Crippen molar-refractivity contribution in [1.29, 1.82) is 0 Å². The molecule has 4 fully saturated rings. The Balaban J connectivity index is 1.62. The molecule has 5 rings (SSSR count). The maximum Gasteiger partial charge on any atom is 0.0587 e. The Morgan fingerprint density at radius 2 is 1.45 bits per heavy atom. The molecule has 0 aromatic heterocycles. The zero-order valence-electron chi connectivity index (χ0n) is 21.9. The van der Waals surface area contributed by atoms with Crippen LogP contribution < -0.4 is 0 Å². The molecule has 0 aromatic rings. The fourth-order valence-electron chi connectivity index (χ4n) is 10.9. The maximum absolute atomic E-state index is 11.9. The van der Waals surface area contributed by atoms with E-state index in [9.17, 15) is 5.11 Å². The highest BCUT2D eigenvalue weighted by molar-refractivity contribution is 5.28. The van der Waals surface area contributed by atoms with Gasteiger partial charge in [0, 0.05) is 0 Å². The van der Waals surface area contributed by atoms with Gasteiger partial charge in [-0.05, 0) is 101 Å². The molecule has 1 N–H and O–H groups in total. The van der Waals surface area contributed by atoms with Crippen LogP contribution in [0.25, 0.3) is 0 Å². The van der Waals surface area contributed by atoms with Crippen molar-refractivity contribution in [1.82, 2.24) is 0 Å². The van der Waals surface area contributed by atoms with E-state index in [1.54, 1.807) is 0 Å². The van der Waals surface area contributed by atoms with Gasteiger partial charge >= 0.3 is 0 Å². The zero-order valence-corrected chi connectivity index (χ0v) is 21.9. The molecule has 0 radical (unpaired) electrons. The van der Waals surface area contributed by atoms with E-state index in [-0.39, 0.29) is 22.3 Å². The van der Waals surface area contributed by atoms with Crippen LogP contribution in [0.5, 0.6) is 0 Å². The van der Waals surface area contributed by atoms with Gasteiger partial charge in [-0.3, -0.25) is 0 Å². The number of aliphatic hydroxyl groups is 1. The van der Waals surface area contributed by atoms with Crippen molar-refractivity contribution in [3.8, 4) is 0 Å². The molecule has 0 heterocycles.